The molecule has 0 saturated heterocycles. The maximum Gasteiger partial charge on any atom is 0.420 e. The summed E-state index contributed by atoms with van der Waals surface area (Å²) in [5.74, 6) is -3.88. The van der Waals surface area contributed by atoms with Gasteiger partial charge in [-0.1, -0.05) is 59.1 Å². The van der Waals surface area contributed by atoms with Crippen LogP contribution in [0, 0.1) is 24.2 Å². The Labute approximate surface area is 168 Å². The number of hydrogen-bond acceptors (Lipinski definition) is 4. The Balaban J connectivity index is 2.49. The van der Waals surface area contributed by atoms with Crippen molar-refractivity contribution < 1.29 is 35.7 Å². The lowest BCUT2D eigenvalue weighted by Gasteiger charge is -2.32. The van der Waals surface area contributed by atoms with Gasteiger partial charge in [0, 0.05) is 5.92 Å². The van der Waals surface area contributed by atoms with Gasteiger partial charge in [-0.15, -0.1) is 0 Å². The van der Waals surface area contributed by atoms with Gasteiger partial charge in [-0.25, -0.2) is 0 Å². The molecule has 1 fully saturated rings. The lowest BCUT2D eigenvalue weighted by atomic mass is 10.0. The molecule has 0 aromatic heterocycles. The zero-order valence-electron chi connectivity index (χ0n) is 14.4. The third kappa shape index (κ3) is 4.13. The Kier molecular flexibility index (Phi) is 5.73. The van der Waals surface area contributed by atoms with E-state index in [9.17, 15) is 31.5 Å². The molecule has 0 heterocycles. The molecule has 0 spiro atoms. The summed E-state index contributed by atoms with van der Waals surface area (Å²) in [5, 5.41) is 9.28. The molecule has 152 valence electrons. The van der Waals surface area contributed by atoms with Crippen molar-refractivity contribution in [2.75, 3.05) is 0 Å². The molecule has 11 heteroatoms. The third-order valence-corrected chi connectivity index (χ3v) is 7.42. The van der Waals surface area contributed by atoms with Gasteiger partial charge in [0.1, 0.15) is 6.10 Å². The van der Waals surface area contributed by atoms with E-state index in [1.807, 2.05) is 0 Å². The average Bonchev–Trinajstić information content (AvgIpc) is 3.06. The Morgan fingerprint density at radius 2 is 1.78 bits per heavy atom. The third-order valence-electron chi connectivity index (χ3n) is 4.78. The zero-order chi connectivity index (χ0) is 21.0. The first-order chi connectivity index (χ1) is 12.0. The van der Waals surface area contributed by atoms with Crippen LogP contribution in [0.25, 0.3) is 0 Å². The number of carboxylic acids is 1. The lowest BCUT2D eigenvalue weighted by molar-refractivity contribution is -0.158. The number of hydrogen-bond donors (Lipinski definition) is 1. The molecule has 0 radical (unpaired) electrons. The summed E-state index contributed by atoms with van der Waals surface area (Å²) in [6, 6.07) is 5.29. The van der Waals surface area contributed by atoms with Gasteiger partial charge < -0.3 is 5.11 Å². The van der Waals surface area contributed by atoms with Gasteiger partial charge in [-0.3, -0.25) is 8.98 Å². The Morgan fingerprint density at radius 3 is 2.15 bits per heavy atom. The van der Waals surface area contributed by atoms with E-state index in [1.165, 1.54) is 38.1 Å². The highest BCUT2D eigenvalue weighted by Crippen LogP contribution is 2.65. The summed E-state index contributed by atoms with van der Waals surface area (Å²) in [5.41, 5.74) is -0.402. The molecule has 1 aromatic carbocycles. The minimum atomic E-state index is -5.11. The molecule has 0 aliphatic heterocycles. The summed E-state index contributed by atoms with van der Waals surface area (Å²) in [6.45, 7) is 4.54. The predicted octanol–water partition coefficient (Wildman–Crippen LogP) is 4.32. The van der Waals surface area contributed by atoms with Crippen molar-refractivity contribution >= 4 is 43.6 Å². The molecule has 2 rings (SSSR count). The average molecular weight is 494 g/mol. The predicted molar refractivity (Wildman–Crippen MR) is 95.2 cm³/mol. The highest BCUT2D eigenvalue weighted by molar-refractivity contribution is 9.10. The topological polar surface area (TPSA) is 80.7 Å². The van der Waals surface area contributed by atoms with Crippen molar-refractivity contribution in [3.8, 4) is 0 Å². The normalized spacial score (nSPS) is 25.5. The van der Waals surface area contributed by atoms with Gasteiger partial charge in [-0.2, -0.15) is 21.6 Å². The maximum absolute atomic E-state index is 13.5. The molecule has 1 aliphatic rings. The van der Waals surface area contributed by atoms with E-state index < -0.39 is 49.4 Å². The standard InChI is InChI=1S/C16H17BrClF3O5S/c1-8-4-6-9(7-5-8)27(24,25)26-12(15(17,18)16(19,20)21)10-11(13(22)23)14(10,2)3/h4-7,10-12H,1-3H3,(H,22,23)/t10-,11?,12?,15?/m0/s1. The number of carbonyl (C=O) groups is 1. The molecule has 0 amide bonds. The van der Waals surface area contributed by atoms with Gasteiger partial charge in [0.15, 0.2) is 0 Å². The van der Waals surface area contributed by atoms with Crippen molar-refractivity contribution in [1.29, 1.82) is 0 Å². The SMILES string of the molecule is Cc1ccc(S(=O)(=O)OC([C@@H]2C(C(=O)O)C2(C)C)C(Cl)(Br)C(F)(F)F)cc1. The van der Waals surface area contributed by atoms with E-state index in [1.54, 1.807) is 6.92 Å². The quantitative estimate of drug-likeness (QED) is 0.472. The first-order valence-corrected chi connectivity index (χ1v) is 10.3. The fraction of sp³-hybridized carbons (Fsp3) is 0.562. The maximum atomic E-state index is 13.5. The second kappa shape index (κ2) is 6.89. The van der Waals surface area contributed by atoms with Crippen LogP contribution in [-0.4, -0.2) is 35.6 Å². The van der Waals surface area contributed by atoms with Crippen LogP contribution in [0.5, 0.6) is 0 Å². The fourth-order valence-electron chi connectivity index (χ4n) is 3.12. The molecule has 1 aromatic rings. The monoisotopic (exact) mass is 492 g/mol. The Hall–Kier alpha value is -0.840. The summed E-state index contributed by atoms with van der Waals surface area (Å²) < 4.78 is 67.1. The molecule has 5 nitrogen and oxygen atoms in total. The summed E-state index contributed by atoms with van der Waals surface area (Å²) >= 11 is 7.97. The minimum absolute atomic E-state index is 0.356. The molecule has 0 bridgehead atoms. The van der Waals surface area contributed by atoms with E-state index in [-0.39, 0.29) is 4.90 Å². The number of carboxylic acid groups (broad SMARTS) is 1. The van der Waals surface area contributed by atoms with Gasteiger partial charge in [0.25, 0.3) is 10.1 Å². The molecular formula is C16H17BrClF3O5S. The van der Waals surface area contributed by atoms with Crippen LogP contribution in [0.3, 0.4) is 0 Å². The van der Waals surface area contributed by atoms with Crippen LogP contribution in [0.1, 0.15) is 19.4 Å². The van der Waals surface area contributed by atoms with Crippen LogP contribution in [0.4, 0.5) is 13.2 Å². The molecule has 1 N–H and O–H groups in total. The highest BCUT2D eigenvalue weighted by Gasteiger charge is 2.73. The van der Waals surface area contributed by atoms with Crippen molar-refractivity contribution in [1.82, 2.24) is 0 Å². The smallest absolute Gasteiger partial charge is 0.420 e. The Morgan fingerprint density at radius 1 is 1.30 bits per heavy atom. The van der Waals surface area contributed by atoms with Crippen molar-refractivity contribution in [2.45, 2.75) is 41.7 Å². The van der Waals surface area contributed by atoms with E-state index in [4.69, 9.17) is 15.8 Å². The number of aliphatic carboxylic acids is 1. The van der Waals surface area contributed by atoms with Crippen molar-refractivity contribution in [3.05, 3.63) is 29.8 Å². The van der Waals surface area contributed by atoms with Crippen LogP contribution in [0.2, 0.25) is 0 Å². The van der Waals surface area contributed by atoms with E-state index in [2.05, 4.69) is 15.9 Å². The first kappa shape index (κ1) is 22.4. The molecule has 1 aliphatic carbocycles. The number of halogens is 5. The van der Waals surface area contributed by atoms with E-state index in [0.29, 0.717) is 0 Å². The van der Waals surface area contributed by atoms with Crippen LogP contribution in [-0.2, 0) is 19.1 Å². The van der Waals surface area contributed by atoms with Crippen LogP contribution >= 0.6 is 27.5 Å². The number of rotatable bonds is 6. The number of benzene rings is 1. The highest BCUT2D eigenvalue weighted by atomic mass is 79.9. The minimum Gasteiger partial charge on any atom is -0.481 e. The summed E-state index contributed by atoms with van der Waals surface area (Å²) in [4.78, 5) is 11.0. The second-order valence-corrected chi connectivity index (χ2v) is 10.9. The van der Waals surface area contributed by atoms with Gasteiger partial charge >= 0.3 is 12.1 Å². The number of alkyl halides is 5. The van der Waals surface area contributed by atoms with Gasteiger partial charge in [0.05, 0.1) is 10.8 Å². The van der Waals surface area contributed by atoms with Crippen LogP contribution in [0.15, 0.2) is 29.2 Å². The summed E-state index contributed by atoms with van der Waals surface area (Å²) in [7, 11) is -4.63. The van der Waals surface area contributed by atoms with Crippen molar-refractivity contribution in [2.24, 2.45) is 17.3 Å². The van der Waals surface area contributed by atoms with Gasteiger partial charge in [-0.05, 0) is 24.5 Å². The van der Waals surface area contributed by atoms with E-state index >= 15 is 0 Å². The number of aryl methyl sites for hydroxylation is 1. The zero-order valence-corrected chi connectivity index (χ0v) is 17.6. The van der Waals surface area contributed by atoms with E-state index in [0.717, 1.165) is 5.56 Å². The largest absolute Gasteiger partial charge is 0.481 e. The Bertz CT molecular complexity index is 837. The molecule has 1 saturated carbocycles. The second-order valence-electron chi connectivity index (χ2n) is 7.07. The van der Waals surface area contributed by atoms with Gasteiger partial charge in [0.2, 0.25) is 3.78 Å². The molecule has 4 atom stereocenters. The van der Waals surface area contributed by atoms with Crippen molar-refractivity contribution in [3.63, 3.8) is 0 Å². The fourth-order valence-corrected chi connectivity index (χ4v) is 4.97. The molecular weight excluding hydrogens is 477 g/mol. The van der Waals surface area contributed by atoms with Crippen LogP contribution < -0.4 is 0 Å². The molecule has 27 heavy (non-hydrogen) atoms. The first-order valence-electron chi connectivity index (χ1n) is 7.71. The molecule has 3 unspecified atom stereocenters. The lowest BCUT2D eigenvalue weighted by Crippen LogP contribution is -2.49. The summed E-state index contributed by atoms with van der Waals surface area (Å²) in [6.07, 6.45) is -7.30.